The fourth-order valence-electron chi connectivity index (χ4n) is 3.32. The zero-order valence-electron chi connectivity index (χ0n) is 13.3. The fraction of sp³-hybridized carbons (Fsp3) is 0.263. The Hall–Kier alpha value is -2.69. The van der Waals surface area contributed by atoms with E-state index < -0.39 is 0 Å². The molecule has 4 rings (SSSR count). The van der Waals surface area contributed by atoms with Crippen molar-refractivity contribution in [2.75, 3.05) is 18.0 Å². The van der Waals surface area contributed by atoms with Crippen molar-refractivity contribution in [1.82, 2.24) is 14.5 Å². The van der Waals surface area contributed by atoms with E-state index in [9.17, 15) is 4.39 Å². The number of hydrogen-bond acceptors (Lipinski definition) is 3. The smallest absolute Gasteiger partial charge is 0.128 e. The lowest BCUT2D eigenvalue weighted by Gasteiger charge is -2.18. The summed E-state index contributed by atoms with van der Waals surface area (Å²) >= 11 is 0. The molecule has 1 atom stereocenters. The average Bonchev–Trinajstić information content (AvgIpc) is 3.28. The number of rotatable bonds is 4. The van der Waals surface area contributed by atoms with Gasteiger partial charge in [0.05, 0.1) is 6.33 Å². The third-order valence-electron chi connectivity index (χ3n) is 4.59. The van der Waals surface area contributed by atoms with Crippen LogP contribution in [0.1, 0.15) is 23.5 Å². The predicted octanol–water partition coefficient (Wildman–Crippen LogP) is 3.46. The number of nitrogens with zero attached hydrogens (tertiary/aromatic N) is 4. The summed E-state index contributed by atoms with van der Waals surface area (Å²) < 4.78 is 16.0. The van der Waals surface area contributed by atoms with Gasteiger partial charge < -0.3 is 9.47 Å². The second-order valence-corrected chi connectivity index (χ2v) is 6.21. The third kappa shape index (κ3) is 3.02. The highest BCUT2D eigenvalue weighted by Gasteiger charge is 2.26. The van der Waals surface area contributed by atoms with Crippen LogP contribution in [0.25, 0.3) is 0 Å². The normalized spacial score (nSPS) is 17.4. The SMILES string of the molecule is Fc1ccccc1[C@@H]1CCN(c2ccc(Cn3ccnc3)cn2)C1. The maximum absolute atomic E-state index is 14.0. The number of halogens is 1. The van der Waals surface area contributed by atoms with E-state index in [1.807, 2.05) is 29.1 Å². The lowest BCUT2D eigenvalue weighted by atomic mass is 9.98. The van der Waals surface area contributed by atoms with E-state index >= 15 is 0 Å². The molecular weight excluding hydrogens is 303 g/mol. The number of benzene rings is 1. The molecule has 0 radical (unpaired) electrons. The average molecular weight is 322 g/mol. The summed E-state index contributed by atoms with van der Waals surface area (Å²) in [6, 6.07) is 11.2. The minimum absolute atomic E-state index is 0.104. The van der Waals surface area contributed by atoms with Crippen LogP contribution in [0.5, 0.6) is 0 Å². The molecule has 122 valence electrons. The summed E-state index contributed by atoms with van der Waals surface area (Å²) in [6.45, 7) is 2.49. The van der Waals surface area contributed by atoms with Crippen LogP contribution in [0.2, 0.25) is 0 Å². The van der Waals surface area contributed by atoms with E-state index in [2.05, 4.69) is 27.0 Å². The van der Waals surface area contributed by atoms with Crippen LogP contribution < -0.4 is 4.90 Å². The van der Waals surface area contributed by atoms with E-state index in [0.29, 0.717) is 0 Å². The van der Waals surface area contributed by atoms with Crippen molar-refractivity contribution < 1.29 is 4.39 Å². The first-order valence-corrected chi connectivity index (χ1v) is 8.19. The molecule has 3 aromatic rings. The van der Waals surface area contributed by atoms with E-state index in [0.717, 1.165) is 43.0 Å². The van der Waals surface area contributed by atoms with E-state index in [1.165, 1.54) is 0 Å². The van der Waals surface area contributed by atoms with Gasteiger partial charge in [-0.05, 0) is 29.7 Å². The summed E-state index contributed by atoms with van der Waals surface area (Å²) in [4.78, 5) is 10.9. The van der Waals surface area contributed by atoms with Crippen molar-refractivity contribution in [1.29, 1.82) is 0 Å². The number of anilines is 1. The van der Waals surface area contributed by atoms with Gasteiger partial charge in [-0.25, -0.2) is 14.4 Å². The summed E-state index contributed by atoms with van der Waals surface area (Å²) in [5.41, 5.74) is 1.96. The van der Waals surface area contributed by atoms with E-state index in [1.54, 1.807) is 24.7 Å². The maximum atomic E-state index is 14.0. The summed E-state index contributed by atoms with van der Waals surface area (Å²) in [6.07, 6.45) is 8.38. The van der Waals surface area contributed by atoms with Gasteiger partial charge in [0.15, 0.2) is 0 Å². The highest BCUT2D eigenvalue weighted by molar-refractivity contribution is 5.42. The Morgan fingerprint density at radius 2 is 2.08 bits per heavy atom. The Morgan fingerprint density at radius 1 is 1.17 bits per heavy atom. The lowest BCUT2D eigenvalue weighted by Crippen LogP contribution is -2.20. The van der Waals surface area contributed by atoms with Crippen LogP contribution in [-0.2, 0) is 6.54 Å². The molecule has 3 heterocycles. The van der Waals surface area contributed by atoms with Gasteiger partial charge in [-0.15, -0.1) is 0 Å². The minimum atomic E-state index is -0.104. The van der Waals surface area contributed by atoms with Gasteiger partial charge in [0.25, 0.3) is 0 Å². The van der Waals surface area contributed by atoms with Crippen molar-refractivity contribution in [3.05, 3.63) is 78.3 Å². The molecule has 0 aliphatic carbocycles. The Bertz CT molecular complexity index is 798. The molecule has 1 saturated heterocycles. The number of hydrogen-bond donors (Lipinski definition) is 0. The monoisotopic (exact) mass is 322 g/mol. The van der Waals surface area contributed by atoms with Crippen LogP contribution in [0.3, 0.4) is 0 Å². The highest BCUT2D eigenvalue weighted by Crippen LogP contribution is 2.31. The summed E-state index contributed by atoms with van der Waals surface area (Å²) in [5.74, 6) is 1.09. The molecule has 4 nitrogen and oxygen atoms in total. The first-order valence-electron chi connectivity index (χ1n) is 8.19. The molecule has 1 fully saturated rings. The second kappa shape index (κ2) is 6.43. The fourth-order valence-corrected chi connectivity index (χ4v) is 3.32. The summed E-state index contributed by atoms with van der Waals surface area (Å²) in [5, 5.41) is 0. The van der Waals surface area contributed by atoms with Gasteiger partial charge in [0, 0.05) is 44.1 Å². The standard InChI is InChI=1S/C19H19FN4/c20-18-4-2-1-3-17(18)16-7-9-24(13-16)19-6-5-15(11-22-19)12-23-10-8-21-14-23/h1-6,8,10-11,14,16H,7,9,12-13H2/t16-/m1/s1. The van der Waals surface area contributed by atoms with E-state index in [4.69, 9.17) is 0 Å². The zero-order valence-corrected chi connectivity index (χ0v) is 13.3. The quantitative estimate of drug-likeness (QED) is 0.738. The molecular formula is C19H19FN4. The van der Waals surface area contributed by atoms with Gasteiger partial charge in [-0.1, -0.05) is 24.3 Å². The molecule has 0 amide bonds. The minimum Gasteiger partial charge on any atom is -0.356 e. The van der Waals surface area contributed by atoms with Crippen LogP contribution in [-0.4, -0.2) is 27.6 Å². The van der Waals surface area contributed by atoms with Crippen molar-refractivity contribution in [3.63, 3.8) is 0 Å². The Balaban J connectivity index is 1.44. The Kier molecular flexibility index (Phi) is 3.99. The topological polar surface area (TPSA) is 34.0 Å². The predicted molar refractivity (Wildman–Crippen MR) is 91.5 cm³/mol. The van der Waals surface area contributed by atoms with E-state index in [-0.39, 0.29) is 11.7 Å². The molecule has 0 N–H and O–H groups in total. The highest BCUT2D eigenvalue weighted by atomic mass is 19.1. The molecule has 0 spiro atoms. The van der Waals surface area contributed by atoms with Crippen molar-refractivity contribution in [3.8, 4) is 0 Å². The first kappa shape index (κ1) is 14.9. The van der Waals surface area contributed by atoms with Crippen LogP contribution >= 0.6 is 0 Å². The van der Waals surface area contributed by atoms with Gasteiger partial charge in [0.1, 0.15) is 11.6 Å². The molecule has 0 unspecified atom stereocenters. The Labute approximate surface area is 140 Å². The number of aromatic nitrogens is 3. The van der Waals surface area contributed by atoms with Crippen LogP contribution in [0, 0.1) is 5.82 Å². The lowest BCUT2D eigenvalue weighted by molar-refractivity contribution is 0.589. The second-order valence-electron chi connectivity index (χ2n) is 6.21. The first-order chi connectivity index (χ1) is 11.8. The number of pyridine rings is 1. The van der Waals surface area contributed by atoms with Crippen LogP contribution in [0.4, 0.5) is 10.2 Å². The number of imidazole rings is 1. The molecule has 5 heteroatoms. The van der Waals surface area contributed by atoms with Crippen molar-refractivity contribution in [2.45, 2.75) is 18.9 Å². The molecule has 1 aromatic carbocycles. The zero-order chi connectivity index (χ0) is 16.4. The largest absolute Gasteiger partial charge is 0.356 e. The molecule has 0 saturated carbocycles. The van der Waals surface area contributed by atoms with Crippen LogP contribution in [0.15, 0.2) is 61.3 Å². The third-order valence-corrected chi connectivity index (χ3v) is 4.59. The molecule has 24 heavy (non-hydrogen) atoms. The maximum Gasteiger partial charge on any atom is 0.128 e. The summed E-state index contributed by atoms with van der Waals surface area (Å²) in [7, 11) is 0. The Morgan fingerprint density at radius 3 is 2.83 bits per heavy atom. The van der Waals surface area contributed by atoms with Crippen molar-refractivity contribution in [2.24, 2.45) is 0 Å². The molecule has 0 bridgehead atoms. The van der Waals surface area contributed by atoms with Crippen molar-refractivity contribution >= 4 is 5.82 Å². The van der Waals surface area contributed by atoms with Gasteiger partial charge in [0.2, 0.25) is 0 Å². The molecule has 2 aromatic heterocycles. The molecule has 1 aliphatic rings. The van der Waals surface area contributed by atoms with Gasteiger partial charge >= 0.3 is 0 Å². The van der Waals surface area contributed by atoms with Gasteiger partial charge in [-0.2, -0.15) is 0 Å². The van der Waals surface area contributed by atoms with Gasteiger partial charge in [-0.3, -0.25) is 0 Å². The molecule has 1 aliphatic heterocycles.